The van der Waals surface area contributed by atoms with Gasteiger partial charge in [-0.25, -0.2) is 18.6 Å². The summed E-state index contributed by atoms with van der Waals surface area (Å²) in [6.07, 6.45) is -0.586. The highest BCUT2D eigenvalue weighted by atomic mass is 32.2. The van der Waals surface area contributed by atoms with E-state index >= 15 is 0 Å². The van der Waals surface area contributed by atoms with E-state index in [0.29, 0.717) is 28.4 Å². The normalized spacial score (nSPS) is 14.7. The van der Waals surface area contributed by atoms with Crippen molar-refractivity contribution in [2.75, 3.05) is 25.0 Å². The van der Waals surface area contributed by atoms with Crippen LogP contribution in [0.25, 0.3) is 22.3 Å². The molecule has 4 rings (SSSR count). The summed E-state index contributed by atoms with van der Waals surface area (Å²) in [4.78, 5) is 8.91. The van der Waals surface area contributed by atoms with Crippen molar-refractivity contribution in [1.82, 2.24) is 20.2 Å². The highest BCUT2D eigenvalue weighted by Gasteiger charge is 2.29. The van der Waals surface area contributed by atoms with Crippen molar-refractivity contribution in [2.45, 2.75) is 50.7 Å². The monoisotopic (exact) mass is 546 g/mol. The number of anilines is 1. The third kappa shape index (κ3) is 7.66. The standard InChI is InChI=1S/C19H23N5O3.C3H6F3NO2S/c1-26-14-11-7-6-10-13(14)16-15-17(23-22-16)20-19(21-18(15)27-2)24(25)12-8-4-3-5-9-12;4-3(5,6)1-2-10(7,8)9/h6-7,10-12,25H,3-5,8-9H2,1-2H3,(H,20,21,22,23);1-2H2,(H2,7,8,9). The number of alkyl halides is 3. The second kappa shape index (κ2) is 11.9. The molecule has 11 nitrogen and oxygen atoms in total. The molecule has 1 aliphatic carbocycles. The Morgan fingerprint density at radius 2 is 1.81 bits per heavy atom. The third-order valence-corrected chi connectivity index (χ3v) is 6.51. The van der Waals surface area contributed by atoms with Gasteiger partial charge in [-0.1, -0.05) is 31.4 Å². The summed E-state index contributed by atoms with van der Waals surface area (Å²) in [5, 5.41) is 24.1. The summed E-state index contributed by atoms with van der Waals surface area (Å²) in [7, 11) is -0.807. The van der Waals surface area contributed by atoms with E-state index in [-0.39, 0.29) is 12.0 Å². The maximum atomic E-state index is 11.3. The summed E-state index contributed by atoms with van der Waals surface area (Å²) in [6, 6.07) is 7.65. The fourth-order valence-corrected chi connectivity index (χ4v) is 4.44. The number of primary sulfonamides is 1. The summed E-state index contributed by atoms with van der Waals surface area (Å²) in [5.41, 5.74) is 1.99. The molecule has 4 N–H and O–H groups in total. The van der Waals surface area contributed by atoms with Gasteiger partial charge in [0.15, 0.2) is 5.65 Å². The van der Waals surface area contributed by atoms with Crippen molar-refractivity contribution in [3.63, 3.8) is 0 Å². The number of para-hydroxylation sites is 1. The molecule has 0 saturated heterocycles. The zero-order valence-corrected chi connectivity index (χ0v) is 21.1. The number of hydroxylamine groups is 1. The molecule has 0 aliphatic heterocycles. The molecule has 1 aromatic carbocycles. The minimum absolute atomic E-state index is 0.0218. The van der Waals surface area contributed by atoms with E-state index in [1.54, 1.807) is 14.2 Å². The van der Waals surface area contributed by atoms with E-state index in [2.05, 4.69) is 25.3 Å². The molecule has 0 radical (unpaired) electrons. The lowest BCUT2D eigenvalue weighted by atomic mass is 9.95. The van der Waals surface area contributed by atoms with Crippen molar-refractivity contribution in [3.05, 3.63) is 24.3 Å². The molecule has 0 atom stereocenters. The first-order chi connectivity index (χ1) is 17.4. The largest absolute Gasteiger partial charge is 0.496 e. The van der Waals surface area contributed by atoms with Crippen LogP contribution in [0.1, 0.15) is 38.5 Å². The van der Waals surface area contributed by atoms with Crippen LogP contribution >= 0.6 is 0 Å². The molecule has 0 amide bonds. The first-order valence-electron chi connectivity index (χ1n) is 11.4. The predicted molar refractivity (Wildman–Crippen MR) is 130 cm³/mol. The lowest BCUT2D eigenvalue weighted by molar-refractivity contribution is -0.129. The average Bonchev–Trinajstić information content (AvgIpc) is 3.30. The predicted octanol–water partition coefficient (Wildman–Crippen LogP) is 3.79. The lowest BCUT2D eigenvalue weighted by Gasteiger charge is -2.28. The Labute approximate surface area is 211 Å². The number of rotatable bonds is 7. The number of hydrogen-bond acceptors (Lipinski definition) is 9. The van der Waals surface area contributed by atoms with E-state index in [0.717, 1.165) is 31.2 Å². The molecule has 0 unspecified atom stereocenters. The Kier molecular flexibility index (Phi) is 9.15. The molecule has 204 valence electrons. The molecule has 1 aliphatic rings. The van der Waals surface area contributed by atoms with Crippen molar-refractivity contribution < 1.29 is 36.3 Å². The van der Waals surface area contributed by atoms with Gasteiger partial charge in [0.2, 0.25) is 15.9 Å². The van der Waals surface area contributed by atoms with Gasteiger partial charge in [0.1, 0.15) is 11.1 Å². The molecule has 15 heteroatoms. The summed E-state index contributed by atoms with van der Waals surface area (Å²) in [6.45, 7) is 0. The molecule has 0 spiro atoms. The van der Waals surface area contributed by atoms with Crippen LogP contribution < -0.4 is 19.7 Å². The molecule has 0 bridgehead atoms. The topological polar surface area (TPSA) is 157 Å². The van der Waals surface area contributed by atoms with Crippen LogP contribution in [0.4, 0.5) is 19.1 Å². The molecular weight excluding hydrogens is 517 g/mol. The second-order valence-corrected chi connectivity index (χ2v) is 10.1. The van der Waals surface area contributed by atoms with Crippen LogP contribution in [0.3, 0.4) is 0 Å². The number of aromatic nitrogens is 4. The summed E-state index contributed by atoms with van der Waals surface area (Å²) in [5.74, 6) is 0.236. The summed E-state index contributed by atoms with van der Waals surface area (Å²) >= 11 is 0. The fourth-order valence-electron chi connectivity index (χ4n) is 3.93. The van der Waals surface area contributed by atoms with Crippen molar-refractivity contribution in [1.29, 1.82) is 0 Å². The van der Waals surface area contributed by atoms with Gasteiger partial charge in [0, 0.05) is 5.56 Å². The number of hydrogen-bond donors (Lipinski definition) is 3. The number of benzene rings is 1. The number of nitrogens with one attached hydrogen (secondary N) is 1. The van der Waals surface area contributed by atoms with E-state index < -0.39 is 28.4 Å². The Hall–Kier alpha value is -3.17. The second-order valence-electron chi connectivity index (χ2n) is 8.40. The van der Waals surface area contributed by atoms with Crippen LogP contribution in [0.2, 0.25) is 0 Å². The molecular formula is C22H29F3N6O5S. The van der Waals surface area contributed by atoms with Crippen LogP contribution in [0.15, 0.2) is 24.3 Å². The number of methoxy groups -OCH3 is 2. The van der Waals surface area contributed by atoms with Gasteiger partial charge in [-0.3, -0.25) is 10.3 Å². The smallest absolute Gasteiger partial charge is 0.390 e. The average molecular weight is 547 g/mol. The molecule has 1 fully saturated rings. The lowest BCUT2D eigenvalue weighted by Crippen LogP contribution is -2.35. The molecule has 3 aromatic rings. The third-order valence-electron chi connectivity index (χ3n) is 5.73. The quantitative estimate of drug-likeness (QED) is 0.375. The maximum absolute atomic E-state index is 11.3. The first kappa shape index (κ1) is 28.4. The van der Waals surface area contributed by atoms with Gasteiger partial charge in [-0.15, -0.1) is 0 Å². The maximum Gasteiger partial charge on any atom is 0.390 e. The number of nitrogens with two attached hydrogens (primary N) is 1. The Balaban J connectivity index is 0.000000325. The van der Waals surface area contributed by atoms with Gasteiger partial charge in [0.25, 0.3) is 5.95 Å². The van der Waals surface area contributed by atoms with Gasteiger partial charge in [-0.05, 0) is 25.0 Å². The van der Waals surface area contributed by atoms with Crippen LogP contribution in [-0.4, -0.2) is 66.0 Å². The van der Waals surface area contributed by atoms with Crippen molar-refractivity contribution in [2.24, 2.45) is 5.14 Å². The zero-order valence-electron chi connectivity index (χ0n) is 20.3. The number of fused-ring (bicyclic) bond motifs is 1. The first-order valence-corrected chi connectivity index (χ1v) is 13.1. The highest BCUT2D eigenvalue weighted by Crippen LogP contribution is 2.37. The van der Waals surface area contributed by atoms with Gasteiger partial charge >= 0.3 is 6.18 Å². The number of nitrogens with zero attached hydrogens (tertiary/aromatic N) is 4. The minimum atomic E-state index is -4.45. The van der Waals surface area contributed by atoms with E-state index in [1.165, 1.54) is 11.5 Å². The molecule has 37 heavy (non-hydrogen) atoms. The van der Waals surface area contributed by atoms with E-state index in [4.69, 9.17) is 9.47 Å². The minimum Gasteiger partial charge on any atom is -0.496 e. The van der Waals surface area contributed by atoms with Crippen LogP contribution in [0, 0.1) is 0 Å². The Morgan fingerprint density at radius 1 is 1.14 bits per heavy atom. The molecule has 1 saturated carbocycles. The SMILES string of the molecule is COc1ccccc1-c1[nH]nc2nc(N(O)C3CCCCC3)nc(OC)c12.NS(=O)(=O)CCC(F)(F)F. The van der Waals surface area contributed by atoms with Gasteiger partial charge in [0.05, 0.1) is 38.1 Å². The number of ether oxygens (including phenoxy) is 2. The van der Waals surface area contributed by atoms with Crippen LogP contribution in [0.5, 0.6) is 11.6 Å². The van der Waals surface area contributed by atoms with E-state index in [9.17, 15) is 26.8 Å². The molecule has 2 aromatic heterocycles. The van der Waals surface area contributed by atoms with Crippen LogP contribution in [-0.2, 0) is 10.0 Å². The van der Waals surface area contributed by atoms with Crippen molar-refractivity contribution in [3.8, 4) is 22.9 Å². The van der Waals surface area contributed by atoms with E-state index in [1.807, 2.05) is 24.3 Å². The number of H-pyrrole nitrogens is 1. The number of halogens is 3. The molecule has 2 heterocycles. The Morgan fingerprint density at radius 3 is 2.38 bits per heavy atom. The number of aromatic amines is 1. The van der Waals surface area contributed by atoms with Crippen molar-refractivity contribution >= 4 is 27.0 Å². The van der Waals surface area contributed by atoms with Gasteiger partial charge in [-0.2, -0.15) is 28.2 Å². The highest BCUT2D eigenvalue weighted by molar-refractivity contribution is 7.89. The number of sulfonamides is 1. The van der Waals surface area contributed by atoms with Gasteiger partial charge < -0.3 is 9.47 Å². The zero-order chi connectivity index (χ0) is 27.2. The fraction of sp³-hybridized carbons (Fsp3) is 0.500. The Bertz CT molecular complexity index is 1300. The summed E-state index contributed by atoms with van der Waals surface area (Å²) < 4.78 is 64.7.